The van der Waals surface area contributed by atoms with Crippen LogP contribution in [-0.2, 0) is 6.42 Å². The lowest BCUT2D eigenvalue weighted by atomic mass is 10.1. The van der Waals surface area contributed by atoms with Gasteiger partial charge in [0, 0.05) is 0 Å². The maximum absolute atomic E-state index is 8.70. The Bertz CT molecular complexity index is 385. The van der Waals surface area contributed by atoms with Crippen LogP contribution in [0.1, 0.15) is 5.56 Å². The molecule has 0 aromatic heterocycles. The first kappa shape index (κ1) is 11.7. The van der Waals surface area contributed by atoms with Gasteiger partial charge in [-0.1, -0.05) is 6.07 Å². The van der Waals surface area contributed by atoms with Gasteiger partial charge < -0.3 is 9.47 Å². The molecule has 0 atom stereocenters. The summed E-state index contributed by atoms with van der Waals surface area (Å²) in [5, 5.41) is 8.70. The maximum atomic E-state index is 8.70. The largest absolute Gasteiger partial charge is 0.493 e. The smallest absolute Gasteiger partial charge is 0.174 e. The van der Waals surface area contributed by atoms with Gasteiger partial charge in [0.05, 0.1) is 31.6 Å². The van der Waals surface area contributed by atoms with Crippen molar-refractivity contribution in [2.45, 2.75) is 11.3 Å². The molecule has 0 bridgehead atoms. The summed E-state index contributed by atoms with van der Waals surface area (Å²) in [6.45, 7) is 0. The number of rotatable bonds is 4. The predicted molar refractivity (Wildman–Crippen MR) is 60.6 cm³/mol. The van der Waals surface area contributed by atoms with Crippen molar-refractivity contribution >= 4 is 11.8 Å². The van der Waals surface area contributed by atoms with Gasteiger partial charge in [0.2, 0.25) is 0 Å². The Hall–Kier alpha value is -1.34. The Morgan fingerprint density at radius 2 is 2.07 bits per heavy atom. The predicted octanol–water partition coefficient (Wildman–Crippen LogP) is 2.49. The van der Waals surface area contributed by atoms with Gasteiger partial charge in [-0.15, -0.1) is 11.8 Å². The van der Waals surface area contributed by atoms with Gasteiger partial charge in [0.1, 0.15) is 0 Å². The number of methoxy groups -OCH3 is 2. The number of hydrogen-bond donors (Lipinski definition) is 0. The Balaban J connectivity index is 3.28. The highest BCUT2D eigenvalue weighted by Crippen LogP contribution is 2.39. The van der Waals surface area contributed by atoms with Crippen LogP contribution in [0.2, 0.25) is 0 Å². The molecule has 0 N–H and O–H groups in total. The highest BCUT2D eigenvalue weighted by Gasteiger charge is 2.13. The molecule has 15 heavy (non-hydrogen) atoms. The summed E-state index contributed by atoms with van der Waals surface area (Å²) in [4.78, 5) is 0.971. The van der Waals surface area contributed by atoms with Crippen LogP contribution in [0.15, 0.2) is 17.0 Å². The van der Waals surface area contributed by atoms with Crippen molar-refractivity contribution in [3.05, 3.63) is 17.7 Å². The van der Waals surface area contributed by atoms with E-state index in [0.717, 1.165) is 10.5 Å². The normalized spacial score (nSPS) is 9.47. The van der Waals surface area contributed by atoms with Crippen molar-refractivity contribution in [1.29, 1.82) is 5.26 Å². The van der Waals surface area contributed by atoms with Gasteiger partial charge >= 0.3 is 0 Å². The first-order valence-corrected chi connectivity index (χ1v) is 5.65. The molecule has 1 rings (SSSR count). The number of thioether (sulfide) groups is 1. The van der Waals surface area contributed by atoms with Gasteiger partial charge in [-0.2, -0.15) is 5.26 Å². The number of hydrogen-bond acceptors (Lipinski definition) is 4. The molecule has 0 spiro atoms. The monoisotopic (exact) mass is 223 g/mol. The third-order valence-electron chi connectivity index (χ3n) is 2.06. The SMILES string of the molecule is COc1ccc(CC#N)c(SC)c1OC. The molecule has 0 aliphatic rings. The first-order chi connectivity index (χ1) is 7.28. The molecule has 0 aliphatic heterocycles. The van der Waals surface area contributed by atoms with E-state index in [9.17, 15) is 0 Å². The third-order valence-corrected chi connectivity index (χ3v) is 2.91. The summed E-state index contributed by atoms with van der Waals surface area (Å²) in [6, 6.07) is 5.86. The molecule has 1 aromatic carbocycles. The van der Waals surface area contributed by atoms with Crippen LogP contribution in [-0.4, -0.2) is 20.5 Å². The van der Waals surface area contributed by atoms with Crippen LogP contribution in [0.25, 0.3) is 0 Å². The molecule has 0 unspecified atom stereocenters. The van der Waals surface area contributed by atoms with E-state index in [1.165, 1.54) is 0 Å². The van der Waals surface area contributed by atoms with Gasteiger partial charge in [-0.05, 0) is 17.9 Å². The third kappa shape index (κ3) is 2.37. The van der Waals surface area contributed by atoms with E-state index >= 15 is 0 Å². The van der Waals surface area contributed by atoms with E-state index in [4.69, 9.17) is 14.7 Å². The van der Waals surface area contributed by atoms with Crippen molar-refractivity contribution in [3.8, 4) is 17.6 Å². The van der Waals surface area contributed by atoms with Gasteiger partial charge in [0.25, 0.3) is 0 Å². The van der Waals surface area contributed by atoms with E-state index < -0.39 is 0 Å². The second-order valence-corrected chi connectivity index (χ2v) is 3.64. The minimum atomic E-state index is 0.385. The second-order valence-electron chi connectivity index (χ2n) is 2.83. The highest BCUT2D eigenvalue weighted by atomic mass is 32.2. The van der Waals surface area contributed by atoms with Crippen LogP contribution in [0.4, 0.5) is 0 Å². The average Bonchev–Trinajstić information content (AvgIpc) is 2.28. The molecular formula is C11H13NO2S. The van der Waals surface area contributed by atoms with Gasteiger partial charge in [-0.3, -0.25) is 0 Å². The molecule has 3 nitrogen and oxygen atoms in total. The van der Waals surface area contributed by atoms with Crippen LogP contribution in [0, 0.1) is 11.3 Å². The fraction of sp³-hybridized carbons (Fsp3) is 0.364. The summed E-state index contributed by atoms with van der Waals surface area (Å²) in [6.07, 6.45) is 2.34. The summed E-state index contributed by atoms with van der Waals surface area (Å²) in [5.74, 6) is 1.40. The molecular weight excluding hydrogens is 210 g/mol. The van der Waals surface area contributed by atoms with E-state index in [-0.39, 0.29) is 0 Å². The van der Waals surface area contributed by atoms with E-state index in [1.807, 2.05) is 18.4 Å². The van der Waals surface area contributed by atoms with E-state index in [0.29, 0.717) is 17.9 Å². The maximum Gasteiger partial charge on any atom is 0.174 e. The highest BCUT2D eigenvalue weighted by molar-refractivity contribution is 7.98. The van der Waals surface area contributed by atoms with Crippen LogP contribution < -0.4 is 9.47 Å². The Kier molecular flexibility index (Phi) is 4.32. The number of ether oxygens (including phenoxy) is 2. The molecule has 0 saturated heterocycles. The summed E-state index contributed by atoms with van der Waals surface area (Å²) in [7, 11) is 3.21. The lowest BCUT2D eigenvalue weighted by molar-refractivity contribution is 0.347. The topological polar surface area (TPSA) is 42.2 Å². The van der Waals surface area contributed by atoms with Crippen LogP contribution in [0.3, 0.4) is 0 Å². The average molecular weight is 223 g/mol. The van der Waals surface area contributed by atoms with Crippen molar-refractivity contribution < 1.29 is 9.47 Å². The fourth-order valence-electron chi connectivity index (χ4n) is 1.39. The van der Waals surface area contributed by atoms with Crippen molar-refractivity contribution in [2.75, 3.05) is 20.5 Å². The van der Waals surface area contributed by atoms with Gasteiger partial charge in [0.15, 0.2) is 11.5 Å². The van der Waals surface area contributed by atoms with Crippen LogP contribution >= 0.6 is 11.8 Å². The summed E-state index contributed by atoms with van der Waals surface area (Å²) in [5.41, 5.74) is 0.975. The fourth-order valence-corrected chi connectivity index (χ4v) is 2.16. The van der Waals surface area contributed by atoms with E-state index in [1.54, 1.807) is 26.0 Å². The molecule has 1 aromatic rings. The zero-order valence-electron chi connectivity index (χ0n) is 9.03. The Labute approximate surface area is 94.0 Å². The number of benzene rings is 1. The molecule has 4 heteroatoms. The molecule has 0 fully saturated rings. The lowest BCUT2D eigenvalue weighted by Crippen LogP contribution is -1.96. The Morgan fingerprint density at radius 3 is 2.53 bits per heavy atom. The first-order valence-electron chi connectivity index (χ1n) is 4.43. The zero-order chi connectivity index (χ0) is 11.3. The molecule has 0 saturated carbocycles. The standard InChI is InChI=1S/C11H13NO2S/c1-13-9-5-4-8(6-7-12)11(15-3)10(9)14-2/h4-5H,6H2,1-3H3. The second kappa shape index (κ2) is 5.52. The molecule has 0 amide bonds. The molecule has 0 radical (unpaired) electrons. The summed E-state index contributed by atoms with van der Waals surface area (Å²) < 4.78 is 10.5. The quantitative estimate of drug-likeness (QED) is 0.735. The molecule has 80 valence electrons. The number of nitriles is 1. The zero-order valence-corrected chi connectivity index (χ0v) is 9.85. The molecule has 0 heterocycles. The van der Waals surface area contributed by atoms with Gasteiger partial charge in [-0.25, -0.2) is 0 Å². The minimum absolute atomic E-state index is 0.385. The van der Waals surface area contributed by atoms with Crippen molar-refractivity contribution in [2.24, 2.45) is 0 Å². The Morgan fingerprint density at radius 1 is 1.33 bits per heavy atom. The van der Waals surface area contributed by atoms with Crippen molar-refractivity contribution in [1.82, 2.24) is 0 Å². The molecule has 0 aliphatic carbocycles. The number of nitrogens with zero attached hydrogens (tertiary/aromatic N) is 1. The van der Waals surface area contributed by atoms with Crippen LogP contribution in [0.5, 0.6) is 11.5 Å². The van der Waals surface area contributed by atoms with Crippen molar-refractivity contribution in [3.63, 3.8) is 0 Å². The van der Waals surface area contributed by atoms with E-state index in [2.05, 4.69) is 6.07 Å². The lowest BCUT2D eigenvalue weighted by Gasteiger charge is -2.13. The minimum Gasteiger partial charge on any atom is -0.493 e. The summed E-state index contributed by atoms with van der Waals surface area (Å²) >= 11 is 1.56.